The topological polar surface area (TPSA) is 56.3 Å². The van der Waals surface area contributed by atoms with E-state index < -0.39 is 5.97 Å². The highest BCUT2D eigenvalue weighted by atomic mass is 79.9. The summed E-state index contributed by atoms with van der Waals surface area (Å²) in [6.45, 7) is 1.60. The number of fused-ring (bicyclic) bond motifs is 1. The summed E-state index contributed by atoms with van der Waals surface area (Å²) < 4.78 is 6.25. The number of nitrogens with zero attached hydrogens (tertiary/aromatic N) is 1. The van der Waals surface area contributed by atoms with Crippen molar-refractivity contribution in [1.82, 2.24) is 4.98 Å². The fourth-order valence-corrected chi connectivity index (χ4v) is 3.65. The fraction of sp³-hybridized carbons (Fsp3) is 0.0800. The van der Waals surface area contributed by atoms with Crippen LogP contribution in [-0.2, 0) is 4.74 Å². The zero-order valence-corrected chi connectivity index (χ0v) is 18.9. The number of carbonyl (C=O) groups is 2. The van der Waals surface area contributed by atoms with Crippen LogP contribution in [0.25, 0.3) is 22.2 Å². The lowest BCUT2D eigenvalue weighted by Gasteiger charge is -2.11. The molecule has 0 N–H and O–H groups in total. The molecule has 0 aliphatic heterocycles. The number of halogens is 2. The monoisotopic (exact) mass is 493 g/mol. The normalized spacial score (nSPS) is 10.8. The predicted octanol–water partition coefficient (Wildman–Crippen LogP) is 6.67. The second kappa shape index (κ2) is 9.00. The smallest absolute Gasteiger partial charge is 0.339 e. The van der Waals surface area contributed by atoms with E-state index in [9.17, 15) is 9.59 Å². The van der Waals surface area contributed by atoms with Gasteiger partial charge in [-0.25, -0.2) is 9.78 Å². The number of carbonyl (C=O) groups excluding carboxylic acids is 2. The van der Waals surface area contributed by atoms with Crippen LogP contribution in [0.2, 0.25) is 5.02 Å². The number of hydrogen-bond donors (Lipinski definition) is 0. The van der Waals surface area contributed by atoms with Crippen molar-refractivity contribution in [2.24, 2.45) is 0 Å². The maximum atomic E-state index is 13.0. The number of aryl methyl sites for hydroxylation is 1. The largest absolute Gasteiger partial charge is 0.454 e. The summed E-state index contributed by atoms with van der Waals surface area (Å²) in [4.78, 5) is 30.1. The molecule has 0 saturated carbocycles. The molecule has 6 heteroatoms. The van der Waals surface area contributed by atoms with Gasteiger partial charge in [0.25, 0.3) is 0 Å². The van der Waals surface area contributed by atoms with E-state index in [-0.39, 0.29) is 12.4 Å². The zero-order chi connectivity index (χ0) is 22.0. The van der Waals surface area contributed by atoms with Crippen LogP contribution in [0.1, 0.15) is 26.3 Å². The summed E-state index contributed by atoms with van der Waals surface area (Å²) in [5, 5.41) is 1.30. The maximum Gasteiger partial charge on any atom is 0.339 e. The summed E-state index contributed by atoms with van der Waals surface area (Å²) in [7, 11) is 0. The molecule has 0 saturated heterocycles. The number of rotatable bonds is 5. The number of benzene rings is 3. The van der Waals surface area contributed by atoms with Crippen LogP contribution in [0.3, 0.4) is 0 Å². The Hall–Kier alpha value is -3.02. The fourth-order valence-electron chi connectivity index (χ4n) is 3.26. The van der Waals surface area contributed by atoms with Crippen molar-refractivity contribution in [3.05, 3.63) is 99.0 Å². The number of Topliss-reactive ketones (excluding diaryl/α,β-unsaturated/α-hetero) is 1. The molecule has 1 heterocycles. The van der Waals surface area contributed by atoms with E-state index in [1.807, 2.05) is 37.3 Å². The van der Waals surface area contributed by atoms with Crippen molar-refractivity contribution >= 4 is 50.2 Å². The third-order valence-corrected chi connectivity index (χ3v) is 5.68. The van der Waals surface area contributed by atoms with Crippen molar-refractivity contribution in [2.75, 3.05) is 6.61 Å². The average Bonchev–Trinajstić information content (AvgIpc) is 2.78. The van der Waals surface area contributed by atoms with Crippen LogP contribution in [0, 0.1) is 6.92 Å². The van der Waals surface area contributed by atoms with E-state index in [0.717, 1.165) is 15.6 Å². The minimum atomic E-state index is -0.571. The number of ketones is 1. The van der Waals surface area contributed by atoms with Crippen molar-refractivity contribution in [3.8, 4) is 11.3 Å². The molecule has 0 radical (unpaired) electrons. The third-order valence-electron chi connectivity index (χ3n) is 4.90. The second-order valence-corrected chi connectivity index (χ2v) is 8.39. The Morgan fingerprint density at radius 3 is 2.42 bits per heavy atom. The van der Waals surface area contributed by atoms with Gasteiger partial charge in [-0.2, -0.15) is 0 Å². The maximum absolute atomic E-state index is 13.0. The highest BCUT2D eigenvalue weighted by Crippen LogP contribution is 2.28. The van der Waals surface area contributed by atoms with Crippen molar-refractivity contribution in [1.29, 1.82) is 0 Å². The highest BCUT2D eigenvalue weighted by molar-refractivity contribution is 9.10. The molecule has 1 aromatic heterocycles. The number of ether oxygens (including phenoxy) is 1. The van der Waals surface area contributed by atoms with Gasteiger partial charge in [-0.05, 0) is 42.8 Å². The van der Waals surface area contributed by atoms with Gasteiger partial charge in [0.15, 0.2) is 12.4 Å². The number of aromatic nitrogens is 1. The van der Waals surface area contributed by atoms with Crippen LogP contribution < -0.4 is 0 Å². The number of para-hydroxylation sites is 1. The van der Waals surface area contributed by atoms with Crippen molar-refractivity contribution in [3.63, 3.8) is 0 Å². The number of esters is 1. The van der Waals surface area contributed by atoms with Gasteiger partial charge in [0.05, 0.1) is 16.8 Å². The minimum absolute atomic E-state index is 0.270. The van der Waals surface area contributed by atoms with Gasteiger partial charge >= 0.3 is 5.97 Å². The molecule has 0 aliphatic carbocycles. The first-order chi connectivity index (χ1) is 14.9. The Labute approximate surface area is 193 Å². The SMILES string of the molecule is Cc1cccc2c(C(=O)OCC(=O)c3ccc(Br)cc3)cc(-c3ccc(Cl)cc3)nc12. The molecule has 0 amide bonds. The van der Waals surface area contributed by atoms with E-state index in [1.54, 1.807) is 42.5 Å². The predicted molar refractivity (Wildman–Crippen MR) is 126 cm³/mol. The molecule has 31 heavy (non-hydrogen) atoms. The molecule has 154 valence electrons. The van der Waals surface area contributed by atoms with Gasteiger partial charge in [0.2, 0.25) is 0 Å². The van der Waals surface area contributed by atoms with Crippen LogP contribution in [0.4, 0.5) is 0 Å². The molecule has 4 aromatic rings. The van der Waals surface area contributed by atoms with E-state index in [1.165, 1.54) is 0 Å². The molecule has 3 aromatic carbocycles. The molecule has 0 unspecified atom stereocenters. The average molecular weight is 495 g/mol. The Balaban J connectivity index is 1.67. The van der Waals surface area contributed by atoms with Gasteiger partial charge in [-0.15, -0.1) is 0 Å². The molecule has 0 aliphatic rings. The lowest BCUT2D eigenvalue weighted by atomic mass is 10.0. The quantitative estimate of drug-likeness (QED) is 0.230. The van der Waals surface area contributed by atoms with Gasteiger partial charge in [-0.1, -0.05) is 70.0 Å². The van der Waals surface area contributed by atoms with E-state index in [0.29, 0.717) is 32.7 Å². The lowest BCUT2D eigenvalue weighted by Crippen LogP contribution is -2.15. The lowest BCUT2D eigenvalue weighted by molar-refractivity contribution is 0.0476. The summed E-state index contributed by atoms with van der Waals surface area (Å²) >= 11 is 9.34. The summed E-state index contributed by atoms with van der Waals surface area (Å²) in [6.07, 6.45) is 0. The second-order valence-electron chi connectivity index (χ2n) is 7.04. The molecule has 0 bridgehead atoms. The van der Waals surface area contributed by atoms with Gasteiger partial charge in [0.1, 0.15) is 0 Å². The highest BCUT2D eigenvalue weighted by Gasteiger charge is 2.18. The third kappa shape index (κ3) is 4.68. The Kier molecular flexibility index (Phi) is 6.16. The van der Waals surface area contributed by atoms with Gasteiger partial charge in [-0.3, -0.25) is 4.79 Å². The summed E-state index contributed by atoms with van der Waals surface area (Å²) in [5.74, 6) is -0.841. The van der Waals surface area contributed by atoms with Crippen molar-refractivity contribution in [2.45, 2.75) is 6.92 Å². The van der Waals surface area contributed by atoms with E-state index in [2.05, 4.69) is 15.9 Å². The summed E-state index contributed by atoms with van der Waals surface area (Å²) in [5.41, 5.74) is 3.95. The van der Waals surface area contributed by atoms with E-state index in [4.69, 9.17) is 21.3 Å². The summed E-state index contributed by atoms with van der Waals surface area (Å²) in [6, 6.07) is 21.5. The number of pyridine rings is 1. The molecule has 4 nitrogen and oxygen atoms in total. The number of hydrogen-bond acceptors (Lipinski definition) is 4. The first-order valence-electron chi connectivity index (χ1n) is 9.54. The van der Waals surface area contributed by atoms with E-state index >= 15 is 0 Å². The van der Waals surface area contributed by atoms with Crippen LogP contribution in [0.5, 0.6) is 0 Å². The Bertz CT molecular complexity index is 1280. The van der Waals surface area contributed by atoms with Crippen LogP contribution in [0.15, 0.2) is 77.3 Å². The van der Waals surface area contributed by atoms with Gasteiger partial charge < -0.3 is 4.74 Å². The Morgan fingerprint density at radius 1 is 1.00 bits per heavy atom. The molecule has 0 spiro atoms. The van der Waals surface area contributed by atoms with Crippen molar-refractivity contribution < 1.29 is 14.3 Å². The first-order valence-corrected chi connectivity index (χ1v) is 10.7. The molecular formula is C25H17BrClNO3. The molecule has 0 fully saturated rings. The minimum Gasteiger partial charge on any atom is -0.454 e. The molecule has 4 rings (SSSR count). The molecular weight excluding hydrogens is 478 g/mol. The molecule has 0 atom stereocenters. The standard InChI is InChI=1S/C25H17BrClNO3/c1-15-3-2-4-20-21(13-22(28-24(15)20)16-7-11-19(27)12-8-16)25(30)31-14-23(29)17-5-9-18(26)10-6-17/h2-13H,14H2,1H3. The van der Waals surface area contributed by atoms with Crippen LogP contribution in [-0.4, -0.2) is 23.3 Å². The zero-order valence-electron chi connectivity index (χ0n) is 16.6. The van der Waals surface area contributed by atoms with Crippen LogP contribution >= 0.6 is 27.5 Å². The Morgan fingerprint density at radius 2 is 1.71 bits per heavy atom. The first kappa shape index (κ1) is 21.2. The van der Waals surface area contributed by atoms with Gasteiger partial charge in [0, 0.05) is 26.0 Å².